The van der Waals surface area contributed by atoms with Crippen LogP contribution in [0.5, 0.6) is 0 Å². The zero-order valence-electron chi connectivity index (χ0n) is 6.84. The number of nitrogens with zero attached hydrogens (tertiary/aromatic N) is 1. The van der Waals surface area contributed by atoms with Crippen LogP contribution in [0.4, 0.5) is 8.78 Å². The first kappa shape index (κ1) is 9.83. The average molecular weight is 180 g/mol. The monoisotopic (exact) mass is 180 g/mol. The summed E-state index contributed by atoms with van der Waals surface area (Å²) >= 11 is 0. The van der Waals surface area contributed by atoms with E-state index in [-0.39, 0.29) is 12.6 Å². The molecule has 1 atom stereocenters. The Hall–Kier alpha value is -0.260. The summed E-state index contributed by atoms with van der Waals surface area (Å²) < 4.78 is 25.2. The number of alkyl halides is 2. The van der Waals surface area contributed by atoms with Gasteiger partial charge in [-0.3, -0.25) is 4.90 Å². The fourth-order valence-corrected chi connectivity index (χ4v) is 1.38. The van der Waals surface area contributed by atoms with Gasteiger partial charge in [0.15, 0.2) is 0 Å². The molecule has 1 aliphatic rings. The van der Waals surface area contributed by atoms with E-state index >= 15 is 0 Å². The van der Waals surface area contributed by atoms with E-state index in [9.17, 15) is 8.78 Å². The SMILES string of the molecule is NC1CCN(CC(F)(F)CO)C1. The summed E-state index contributed by atoms with van der Waals surface area (Å²) in [4.78, 5) is 1.58. The van der Waals surface area contributed by atoms with Crippen molar-refractivity contribution in [3.63, 3.8) is 0 Å². The topological polar surface area (TPSA) is 49.5 Å². The van der Waals surface area contributed by atoms with Crippen molar-refractivity contribution in [3.05, 3.63) is 0 Å². The summed E-state index contributed by atoms with van der Waals surface area (Å²) in [5.74, 6) is -2.98. The molecule has 0 aromatic rings. The largest absolute Gasteiger partial charge is 0.390 e. The van der Waals surface area contributed by atoms with Crippen molar-refractivity contribution in [2.45, 2.75) is 18.4 Å². The molecule has 72 valence electrons. The molecule has 1 saturated heterocycles. The van der Waals surface area contributed by atoms with E-state index < -0.39 is 12.5 Å². The standard InChI is InChI=1S/C7H14F2N2O/c8-7(9,5-12)4-11-2-1-6(10)3-11/h6,12H,1-5,10H2. The van der Waals surface area contributed by atoms with E-state index in [0.29, 0.717) is 13.1 Å². The molecule has 0 amide bonds. The lowest BCUT2D eigenvalue weighted by atomic mass is 10.3. The fourth-order valence-electron chi connectivity index (χ4n) is 1.38. The molecule has 0 aliphatic carbocycles. The first-order chi connectivity index (χ1) is 5.53. The van der Waals surface area contributed by atoms with E-state index in [4.69, 9.17) is 10.8 Å². The first-order valence-corrected chi connectivity index (χ1v) is 4.00. The van der Waals surface area contributed by atoms with Crippen LogP contribution in [0.15, 0.2) is 0 Å². The van der Waals surface area contributed by atoms with Gasteiger partial charge < -0.3 is 10.8 Å². The van der Waals surface area contributed by atoms with Crippen molar-refractivity contribution in [2.75, 3.05) is 26.2 Å². The molecule has 0 bridgehead atoms. The summed E-state index contributed by atoms with van der Waals surface area (Å²) in [6.07, 6.45) is 0.765. The third-order valence-corrected chi connectivity index (χ3v) is 2.00. The molecule has 1 fully saturated rings. The van der Waals surface area contributed by atoms with Crippen LogP contribution in [-0.4, -0.2) is 48.2 Å². The van der Waals surface area contributed by atoms with Gasteiger partial charge in [0, 0.05) is 12.6 Å². The van der Waals surface area contributed by atoms with E-state index in [1.165, 1.54) is 0 Å². The molecule has 0 aromatic heterocycles. The van der Waals surface area contributed by atoms with Crippen molar-refractivity contribution in [1.29, 1.82) is 0 Å². The molecular formula is C7H14F2N2O. The van der Waals surface area contributed by atoms with Crippen LogP contribution in [0.25, 0.3) is 0 Å². The van der Waals surface area contributed by atoms with Crippen LogP contribution in [-0.2, 0) is 0 Å². The van der Waals surface area contributed by atoms with Crippen LogP contribution in [0.2, 0.25) is 0 Å². The van der Waals surface area contributed by atoms with Gasteiger partial charge in [-0.1, -0.05) is 0 Å². The molecule has 1 rings (SSSR count). The Kier molecular flexibility index (Phi) is 2.98. The minimum atomic E-state index is -2.98. The third-order valence-electron chi connectivity index (χ3n) is 2.00. The third kappa shape index (κ3) is 2.66. The molecule has 0 radical (unpaired) electrons. The molecule has 0 spiro atoms. The Morgan fingerprint density at radius 2 is 2.25 bits per heavy atom. The number of halogens is 2. The highest BCUT2D eigenvalue weighted by Crippen LogP contribution is 2.17. The predicted molar refractivity (Wildman–Crippen MR) is 41.1 cm³/mol. The number of hydrogen-bond donors (Lipinski definition) is 2. The number of hydrogen-bond acceptors (Lipinski definition) is 3. The van der Waals surface area contributed by atoms with Crippen molar-refractivity contribution < 1.29 is 13.9 Å². The number of aliphatic hydroxyl groups excluding tert-OH is 1. The molecule has 1 unspecified atom stereocenters. The normalized spacial score (nSPS) is 26.5. The zero-order chi connectivity index (χ0) is 9.19. The molecule has 1 heterocycles. The lowest BCUT2D eigenvalue weighted by Gasteiger charge is -2.21. The number of likely N-dealkylation sites (tertiary alicyclic amines) is 1. The second-order valence-corrected chi connectivity index (χ2v) is 3.30. The zero-order valence-corrected chi connectivity index (χ0v) is 6.84. The van der Waals surface area contributed by atoms with Gasteiger partial charge in [0.2, 0.25) is 0 Å². The quantitative estimate of drug-likeness (QED) is 0.624. The van der Waals surface area contributed by atoms with Crippen LogP contribution < -0.4 is 5.73 Å². The van der Waals surface area contributed by atoms with E-state index in [1.807, 2.05) is 0 Å². The van der Waals surface area contributed by atoms with Gasteiger partial charge in [-0.25, -0.2) is 8.78 Å². The summed E-state index contributed by atoms with van der Waals surface area (Å²) in [6, 6.07) is 0.0134. The minimum Gasteiger partial charge on any atom is -0.390 e. The number of aliphatic hydroxyl groups is 1. The Labute approximate surface area is 70.1 Å². The summed E-state index contributed by atoms with van der Waals surface area (Å²) in [5, 5.41) is 8.31. The van der Waals surface area contributed by atoms with Crippen LogP contribution in [0.3, 0.4) is 0 Å². The molecule has 0 aromatic carbocycles. The van der Waals surface area contributed by atoms with Crippen LogP contribution in [0.1, 0.15) is 6.42 Å². The van der Waals surface area contributed by atoms with Crippen molar-refractivity contribution in [1.82, 2.24) is 4.90 Å². The maximum Gasteiger partial charge on any atom is 0.283 e. The van der Waals surface area contributed by atoms with Gasteiger partial charge in [0.25, 0.3) is 5.92 Å². The van der Waals surface area contributed by atoms with Crippen molar-refractivity contribution in [2.24, 2.45) is 5.73 Å². The van der Waals surface area contributed by atoms with Gasteiger partial charge in [-0.05, 0) is 13.0 Å². The van der Waals surface area contributed by atoms with Gasteiger partial charge in [-0.2, -0.15) is 0 Å². The molecule has 1 aliphatic heterocycles. The fraction of sp³-hybridized carbons (Fsp3) is 1.00. The smallest absolute Gasteiger partial charge is 0.283 e. The lowest BCUT2D eigenvalue weighted by Crippen LogP contribution is -2.39. The lowest BCUT2D eigenvalue weighted by molar-refractivity contribution is -0.0693. The van der Waals surface area contributed by atoms with E-state index in [2.05, 4.69) is 0 Å². The molecule has 3 N–H and O–H groups in total. The first-order valence-electron chi connectivity index (χ1n) is 4.00. The predicted octanol–water partition coefficient (Wildman–Crippen LogP) is -0.353. The number of rotatable bonds is 3. The molecule has 5 heteroatoms. The van der Waals surface area contributed by atoms with Crippen LogP contribution in [0, 0.1) is 0 Å². The van der Waals surface area contributed by atoms with E-state index in [0.717, 1.165) is 6.42 Å². The Morgan fingerprint density at radius 3 is 2.67 bits per heavy atom. The highest BCUT2D eigenvalue weighted by molar-refractivity contribution is 4.81. The van der Waals surface area contributed by atoms with Gasteiger partial charge in [-0.15, -0.1) is 0 Å². The highest BCUT2D eigenvalue weighted by atomic mass is 19.3. The molecule has 3 nitrogen and oxygen atoms in total. The maximum atomic E-state index is 12.6. The van der Waals surface area contributed by atoms with Crippen molar-refractivity contribution >= 4 is 0 Å². The molecule has 12 heavy (non-hydrogen) atoms. The summed E-state index contributed by atoms with van der Waals surface area (Å²) in [5.41, 5.74) is 5.54. The second kappa shape index (κ2) is 3.64. The van der Waals surface area contributed by atoms with Gasteiger partial charge in [0.1, 0.15) is 6.61 Å². The molecule has 0 saturated carbocycles. The Morgan fingerprint density at radius 1 is 1.58 bits per heavy atom. The van der Waals surface area contributed by atoms with Crippen LogP contribution >= 0.6 is 0 Å². The molecular weight excluding hydrogens is 166 g/mol. The Bertz CT molecular complexity index is 154. The van der Waals surface area contributed by atoms with Gasteiger partial charge in [0.05, 0.1) is 6.54 Å². The maximum absolute atomic E-state index is 12.6. The summed E-state index contributed by atoms with van der Waals surface area (Å²) in [6.45, 7) is -0.345. The Balaban J connectivity index is 2.32. The minimum absolute atomic E-state index is 0.0134. The van der Waals surface area contributed by atoms with E-state index in [1.54, 1.807) is 4.90 Å². The summed E-state index contributed by atoms with van der Waals surface area (Å²) in [7, 11) is 0. The number of nitrogens with two attached hydrogens (primary N) is 1. The van der Waals surface area contributed by atoms with Crippen molar-refractivity contribution in [3.8, 4) is 0 Å². The second-order valence-electron chi connectivity index (χ2n) is 3.30. The highest BCUT2D eigenvalue weighted by Gasteiger charge is 2.33. The van der Waals surface area contributed by atoms with Gasteiger partial charge >= 0.3 is 0 Å². The average Bonchev–Trinajstić information content (AvgIpc) is 2.35.